The predicted octanol–water partition coefficient (Wildman–Crippen LogP) is 6.93. The molecule has 0 aliphatic heterocycles. The van der Waals surface area contributed by atoms with E-state index in [0.29, 0.717) is 0 Å². The molecule has 120 valence electrons. The van der Waals surface area contributed by atoms with E-state index in [1.165, 1.54) is 61.2 Å². The minimum atomic E-state index is 1.17. The first-order chi connectivity index (χ1) is 10.0. The largest absolute Gasteiger partial charge is 0.0909 e. The number of hydrogen-bond acceptors (Lipinski definition) is 0. The molecule has 0 heterocycles. The van der Waals surface area contributed by atoms with Gasteiger partial charge in [-0.2, -0.15) is 0 Å². The van der Waals surface area contributed by atoms with Gasteiger partial charge in [0.25, 0.3) is 0 Å². The van der Waals surface area contributed by atoms with E-state index in [9.17, 15) is 0 Å². The average molecular weight is 296 g/mol. The fourth-order valence-electron chi connectivity index (χ4n) is 3.02. The molecule has 0 atom stereocenters. The first kappa shape index (κ1) is 18.5. The zero-order chi connectivity index (χ0) is 17.4. The molecule has 0 aliphatic rings. The Labute approximate surface area is 137 Å². The van der Waals surface area contributed by atoms with Crippen LogP contribution in [-0.4, -0.2) is 0 Å². The molecule has 0 aliphatic carbocycles. The van der Waals surface area contributed by atoms with Crippen LogP contribution in [0.5, 0.6) is 0 Å². The van der Waals surface area contributed by atoms with Gasteiger partial charge < -0.3 is 0 Å². The molecule has 0 saturated carbocycles. The van der Waals surface area contributed by atoms with Crippen LogP contribution < -0.4 is 0 Å². The van der Waals surface area contributed by atoms with E-state index in [-0.39, 0.29) is 0 Å². The van der Waals surface area contributed by atoms with Crippen molar-refractivity contribution >= 4 is 5.57 Å². The zero-order valence-electron chi connectivity index (χ0n) is 16.2. The number of hydrogen-bond donors (Lipinski definition) is 0. The molecule has 0 bridgehead atoms. The normalized spacial score (nSPS) is 12.1. The molecule has 0 nitrogen and oxygen atoms in total. The third kappa shape index (κ3) is 3.11. The van der Waals surface area contributed by atoms with Gasteiger partial charge in [0.05, 0.1) is 0 Å². The van der Waals surface area contributed by atoms with Gasteiger partial charge in [-0.3, -0.25) is 0 Å². The molecular formula is C22H32. The van der Waals surface area contributed by atoms with Gasteiger partial charge in [0.2, 0.25) is 0 Å². The lowest BCUT2D eigenvalue weighted by atomic mass is 9.83. The quantitative estimate of drug-likeness (QED) is 0.530. The molecule has 0 radical (unpaired) electrons. The van der Waals surface area contributed by atoms with Crippen molar-refractivity contribution in [3.8, 4) is 0 Å². The van der Waals surface area contributed by atoms with Crippen molar-refractivity contribution in [2.24, 2.45) is 0 Å². The molecule has 0 N–H and O–H groups in total. The molecule has 0 unspecified atom stereocenters. The Morgan fingerprint density at radius 2 is 0.909 bits per heavy atom. The van der Waals surface area contributed by atoms with Crippen LogP contribution in [0.1, 0.15) is 68.0 Å². The van der Waals surface area contributed by atoms with Crippen LogP contribution in [0.4, 0.5) is 0 Å². The summed E-state index contributed by atoms with van der Waals surface area (Å²) < 4.78 is 0. The molecule has 0 heteroatoms. The summed E-state index contributed by atoms with van der Waals surface area (Å²) in [6.45, 7) is 26.5. The first-order valence-electron chi connectivity index (χ1n) is 8.10. The van der Waals surface area contributed by atoms with Gasteiger partial charge in [0, 0.05) is 0 Å². The summed E-state index contributed by atoms with van der Waals surface area (Å²) in [6, 6.07) is 0. The average Bonchev–Trinajstić information content (AvgIpc) is 2.48. The summed E-state index contributed by atoms with van der Waals surface area (Å²) in [5.41, 5.74) is 14.8. The molecule has 1 aromatic carbocycles. The van der Waals surface area contributed by atoms with Crippen LogP contribution in [0.25, 0.3) is 5.57 Å². The van der Waals surface area contributed by atoms with E-state index in [4.69, 9.17) is 0 Å². The van der Waals surface area contributed by atoms with Crippen LogP contribution in [0.3, 0.4) is 0 Å². The number of benzene rings is 1. The predicted molar refractivity (Wildman–Crippen MR) is 102 cm³/mol. The minimum Gasteiger partial charge on any atom is -0.0909 e. The Morgan fingerprint density at radius 1 is 0.545 bits per heavy atom. The van der Waals surface area contributed by atoms with Crippen molar-refractivity contribution in [1.82, 2.24) is 0 Å². The molecule has 0 amide bonds. The minimum absolute atomic E-state index is 1.17. The van der Waals surface area contributed by atoms with E-state index < -0.39 is 0 Å². The highest BCUT2D eigenvalue weighted by Crippen LogP contribution is 2.35. The Balaban J connectivity index is 3.62. The number of allylic oxidation sites excluding steroid dienone is 5. The monoisotopic (exact) mass is 296 g/mol. The van der Waals surface area contributed by atoms with Crippen molar-refractivity contribution in [3.05, 3.63) is 62.3 Å². The lowest BCUT2D eigenvalue weighted by Crippen LogP contribution is -2.03. The van der Waals surface area contributed by atoms with Gasteiger partial charge in [-0.1, -0.05) is 12.2 Å². The fourth-order valence-corrected chi connectivity index (χ4v) is 3.02. The molecule has 0 saturated heterocycles. The first-order valence-corrected chi connectivity index (χ1v) is 8.10. The van der Waals surface area contributed by atoms with Crippen LogP contribution in [0, 0.1) is 34.6 Å². The van der Waals surface area contributed by atoms with Crippen LogP contribution in [-0.2, 0) is 0 Å². The summed E-state index contributed by atoms with van der Waals surface area (Å²) in [5, 5.41) is 0. The maximum atomic E-state index is 4.44. The standard InChI is InChI=1S/C22H32/c1-12(2)13(3)14(4)16(6)19(9)22-20(10)17(7)15(5)18(8)21(22)11/h9H2,1-8,10-11H3/b16-14-. The Kier molecular flexibility index (Phi) is 5.62. The van der Waals surface area contributed by atoms with E-state index in [0.717, 1.165) is 0 Å². The SMILES string of the molecule is C=C(/C(C)=C(/C)C(C)=C(C)C)c1c(C)c(C)c(C)c(C)c1C. The van der Waals surface area contributed by atoms with Gasteiger partial charge >= 0.3 is 0 Å². The Hall–Kier alpha value is -1.56. The second-order valence-electron chi connectivity index (χ2n) is 6.85. The second-order valence-corrected chi connectivity index (χ2v) is 6.85. The van der Waals surface area contributed by atoms with Crippen LogP contribution >= 0.6 is 0 Å². The maximum absolute atomic E-state index is 4.44. The van der Waals surface area contributed by atoms with Crippen LogP contribution in [0.15, 0.2) is 28.9 Å². The molecule has 0 spiro atoms. The third-order valence-electron chi connectivity index (χ3n) is 5.63. The summed E-state index contributed by atoms with van der Waals surface area (Å²) in [6.07, 6.45) is 0. The Morgan fingerprint density at radius 3 is 1.27 bits per heavy atom. The second kappa shape index (κ2) is 6.69. The van der Waals surface area contributed by atoms with Crippen molar-refractivity contribution < 1.29 is 0 Å². The highest BCUT2D eigenvalue weighted by atomic mass is 14.2. The van der Waals surface area contributed by atoms with Gasteiger partial charge in [0.1, 0.15) is 0 Å². The summed E-state index contributed by atoms with van der Waals surface area (Å²) in [7, 11) is 0. The van der Waals surface area contributed by atoms with E-state index in [1.54, 1.807) is 0 Å². The molecule has 0 aromatic heterocycles. The van der Waals surface area contributed by atoms with Crippen molar-refractivity contribution in [2.45, 2.75) is 69.2 Å². The fraction of sp³-hybridized carbons (Fsp3) is 0.455. The molecule has 1 aromatic rings. The third-order valence-corrected chi connectivity index (χ3v) is 5.63. The van der Waals surface area contributed by atoms with Crippen molar-refractivity contribution in [3.63, 3.8) is 0 Å². The van der Waals surface area contributed by atoms with E-state index >= 15 is 0 Å². The smallest absolute Gasteiger partial charge is 0.0123 e. The lowest BCUT2D eigenvalue weighted by molar-refractivity contribution is 1.15. The highest BCUT2D eigenvalue weighted by Gasteiger charge is 2.16. The zero-order valence-corrected chi connectivity index (χ0v) is 16.2. The maximum Gasteiger partial charge on any atom is -0.0123 e. The van der Waals surface area contributed by atoms with E-state index in [1.807, 2.05) is 0 Å². The van der Waals surface area contributed by atoms with Gasteiger partial charge in [-0.05, 0) is 125 Å². The van der Waals surface area contributed by atoms with Crippen molar-refractivity contribution in [1.29, 1.82) is 0 Å². The van der Waals surface area contributed by atoms with Crippen molar-refractivity contribution in [2.75, 3.05) is 0 Å². The van der Waals surface area contributed by atoms with Gasteiger partial charge in [-0.25, -0.2) is 0 Å². The molecule has 22 heavy (non-hydrogen) atoms. The van der Waals surface area contributed by atoms with Gasteiger partial charge in [0.15, 0.2) is 0 Å². The lowest BCUT2D eigenvalue weighted by Gasteiger charge is -2.22. The highest BCUT2D eigenvalue weighted by molar-refractivity contribution is 5.83. The Bertz CT molecular complexity index is 658. The van der Waals surface area contributed by atoms with Gasteiger partial charge in [-0.15, -0.1) is 0 Å². The number of rotatable bonds is 3. The summed E-state index contributed by atoms with van der Waals surface area (Å²) in [5.74, 6) is 0. The van der Waals surface area contributed by atoms with Crippen LogP contribution in [0.2, 0.25) is 0 Å². The summed E-state index contributed by atoms with van der Waals surface area (Å²) >= 11 is 0. The molecule has 0 fully saturated rings. The summed E-state index contributed by atoms with van der Waals surface area (Å²) in [4.78, 5) is 0. The topological polar surface area (TPSA) is 0 Å². The molecular weight excluding hydrogens is 264 g/mol. The van der Waals surface area contributed by atoms with E-state index in [2.05, 4.69) is 75.8 Å². The molecule has 1 rings (SSSR count).